The van der Waals surface area contributed by atoms with Gasteiger partial charge in [-0.05, 0) is 39.2 Å². The molecule has 1 aromatic rings. The van der Waals surface area contributed by atoms with Crippen LogP contribution >= 0.6 is 0 Å². The number of rotatable bonds is 5. The van der Waals surface area contributed by atoms with Gasteiger partial charge in [0.05, 0.1) is 11.9 Å². The smallest absolute Gasteiger partial charge is 0.126 e. The van der Waals surface area contributed by atoms with Crippen LogP contribution in [0.25, 0.3) is 0 Å². The van der Waals surface area contributed by atoms with Crippen molar-refractivity contribution in [3.63, 3.8) is 0 Å². The van der Waals surface area contributed by atoms with Crippen molar-refractivity contribution in [2.45, 2.75) is 6.42 Å². The molecular weight excluding hydrogens is 176 g/mol. The minimum atomic E-state index is 0.698. The molecule has 0 saturated carbocycles. The third kappa shape index (κ3) is 4.09. The summed E-state index contributed by atoms with van der Waals surface area (Å²) in [6.07, 6.45) is 2.77. The lowest BCUT2D eigenvalue weighted by molar-refractivity contribution is 0.405. The molecule has 1 rings (SSSR count). The lowest BCUT2D eigenvalue weighted by atomic mass is 10.4. The van der Waals surface area contributed by atoms with Crippen molar-refractivity contribution in [3.05, 3.63) is 18.3 Å². The summed E-state index contributed by atoms with van der Waals surface area (Å²) in [5, 5.41) is 3.23. The average Bonchev–Trinajstić information content (AvgIpc) is 2.15. The summed E-state index contributed by atoms with van der Waals surface area (Å²) in [4.78, 5) is 6.31. The fraction of sp³-hybridized carbons (Fsp3) is 0.500. The normalized spacial score (nSPS) is 10.5. The second-order valence-corrected chi connectivity index (χ2v) is 3.56. The highest BCUT2D eigenvalue weighted by Crippen LogP contribution is 2.05. The molecule has 0 atom stereocenters. The van der Waals surface area contributed by atoms with E-state index in [0.717, 1.165) is 25.3 Å². The van der Waals surface area contributed by atoms with Gasteiger partial charge in [-0.15, -0.1) is 0 Å². The molecule has 0 spiro atoms. The summed E-state index contributed by atoms with van der Waals surface area (Å²) in [6, 6.07) is 3.74. The van der Waals surface area contributed by atoms with Crippen molar-refractivity contribution in [2.75, 3.05) is 38.2 Å². The SMILES string of the molecule is CN(C)CCCNc1ccc(N)cn1. The Labute approximate surface area is 85.1 Å². The van der Waals surface area contributed by atoms with Crippen LogP contribution in [0.4, 0.5) is 11.5 Å². The van der Waals surface area contributed by atoms with Gasteiger partial charge in [-0.1, -0.05) is 0 Å². The second-order valence-electron chi connectivity index (χ2n) is 3.56. The Morgan fingerprint density at radius 3 is 2.79 bits per heavy atom. The molecule has 0 aliphatic rings. The molecule has 1 aromatic heterocycles. The van der Waals surface area contributed by atoms with Crippen LogP contribution in [0.5, 0.6) is 0 Å². The molecular formula is C10H18N4. The topological polar surface area (TPSA) is 54.2 Å². The highest BCUT2D eigenvalue weighted by molar-refractivity contribution is 5.43. The van der Waals surface area contributed by atoms with Crippen LogP contribution in [0, 0.1) is 0 Å². The maximum atomic E-state index is 5.52. The van der Waals surface area contributed by atoms with E-state index in [1.807, 2.05) is 12.1 Å². The molecule has 0 aliphatic carbocycles. The van der Waals surface area contributed by atoms with Gasteiger partial charge in [-0.2, -0.15) is 0 Å². The first-order valence-electron chi connectivity index (χ1n) is 4.78. The lowest BCUT2D eigenvalue weighted by Crippen LogP contribution is -2.16. The number of hydrogen-bond acceptors (Lipinski definition) is 4. The first-order chi connectivity index (χ1) is 6.68. The zero-order valence-corrected chi connectivity index (χ0v) is 8.83. The number of nitrogens with two attached hydrogens (primary N) is 1. The quantitative estimate of drug-likeness (QED) is 0.687. The van der Waals surface area contributed by atoms with E-state index in [1.54, 1.807) is 6.20 Å². The Kier molecular flexibility index (Phi) is 4.19. The maximum Gasteiger partial charge on any atom is 0.126 e. The number of hydrogen-bond donors (Lipinski definition) is 2. The van der Waals surface area contributed by atoms with E-state index in [4.69, 9.17) is 5.73 Å². The van der Waals surface area contributed by atoms with E-state index >= 15 is 0 Å². The molecule has 4 nitrogen and oxygen atoms in total. The van der Waals surface area contributed by atoms with Crippen molar-refractivity contribution >= 4 is 11.5 Å². The van der Waals surface area contributed by atoms with Gasteiger partial charge in [0.15, 0.2) is 0 Å². The summed E-state index contributed by atoms with van der Waals surface area (Å²) in [7, 11) is 4.14. The molecule has 0 bridgehead atoms. The van der Waals surface area contributed by atoms with Crippen LogP contribution in [-0.4, -0.2) is 37.1 Å². The molecule has 3 N–H and O–H groups in total. The lowest BCUT2D eigenvalue weighted by Gasteiger charge is -2.09. The molecule has 14 heavy (non-hydrogen) atoms. The van der Waals surface area contributed by atoms with Crippen LogP contribution < -0.4 is 11.1 Å². The first-order valence-corrected chi connectivity index (χ1v) is 4.78. The van der Waals surface area contributed by atoms with E-state index in [-0.39, 0.29) is 0 Å². The molecule has 4 heteroatoms. The monoisotopic (exact) mass is 194 g/mol. The highest BCUT2D eigenvalue weighted by atomic mass is 15.1. The fourth-order valence-electron chi connectivity index (χ4n) is 1.12. The molecule has 0 aliphatic heterocycles. The fourth-order valence-corrected chi connectivity index (χ4v) is 1.12. The van der Waals surface area contributed by atoms with E-state index < -0.39 is 0 Å². The van der Waals surface area contributed by atoms with Gasteiger partial charge in [-0.25, -0.2) is 4.98 Å². The summed E-state index contributed by atoms with van der Waals surface area (Å²) in [5.74, 6) is 0.887. The van der Waals surface area contributed by atoms with Crippen LogP contribution in [0.2, 0.25) is 0 Å². The molecule has 78 valence electrons. The zero-order valence-electron chi connectivity index (χ0n) is 8.83. The van der Waals surface area contributed by atoms with Gasteiger partial charge in [0.25, 0.3) is 0 Å². The molecule has 0 aromatic carbocycles. The van der Waals surface area contributed by atoms with Gasteiger partial charge >= 0.3 is 0 Å². The van der Waals surface area contributed by atoms with Crippen molar-refractivity contribution < 1.29 is 0 Å². The molecule has 0 amide bonds. The van der Waals surface area contributed by atoms with Crippen LogP contribution in [-0.2, 0) is 0 Å². The molecule has 0 radical (unpaired) electrons. The minimum absolute atomic E-state index is 0.698. The van der Waals surface area contributed by atoms with E-state index in [1.165, 1.54) is 0 Å². The predicted molar refractivity (Wildman–Crippen MR) is 60.3 cm³/mol. The summed E-state index contributed by atoms with van der Waals surface area (Å²) in [5.41, 5.74) is 6.22. The Morgan fingerprint density at radius 1 is 1.43 bits per heavy atom. The summed E-state index contributed by atoms with van der Waals surface area (Å²) >= 11 is 0. The summed E-state index contributed by atoms with van der Waals surface area (Å²) < 4.78 is 0. The number of nitrogens with zero attached hydrogens (tertiary/aromatic N) is 2. The van der Waals surface area contributed by atoms with Crippen LogP contribution in [0.3, 0.4) is 0 Å². The van der Waals surface area contributed by atoms with Gasteiger partial charge in [0.1, 0.15) is 5.82 Å². The first kappa shape index (κ1) is 10.8. The Bertz CT molecular complexity index is 255. The van der Waals surface area contributed by atoms with Crippen molar-refractivity contribution in [2.24, 2.45) is 0 Å². The highest BCUT2D eigenvalue weighted by Gasteiger charge is 1.93. The van der Waals surface area contributed by atoms with Crippen molar-refractivity contribution in [3.8, 4) is 0 Å². The van der Waals surface area contributed by atoms with Crippen molar-refractivity contribution in [1.29, 1.82) is 0 Å². The van der Waals surface area contributed by atoms with E-state index in [2.05, 4.69) is 29.3 Å². The maximum absolute atomic E-state index is 5.52. The summed E-state index contributed by atoms with van der Waals surface area (Å²) in [6.45, 7) is 2.02. The third-order valence-electron chi connectivity index (χ3n) is 1.87. The Morgan fingerprint density at radius 2 is 2.21 bits per heavy atom. The largest absolute Gasteiger partial charge is 0.397 e. The van der Waals surface area contributed by atoms with E-state index in [9.17, 15) is 0 Å². The van der Waals surface area contributed by atoms with Gasteiger partial charge < -0.3 is 16.0 Å². The number of nitrogens with one attached hydrogen (secondary N) is 1. The number of anilines is 2. The van der Waals surface area contributed by atoms with Crippen LogP contribution in [0.15, 0.2) is 18.3 Å². The van der Waals surface area contributed by atoms with Gasteiger partial charge in [0.2, 0.25) is 0 Å². The zero-order chi connectivity index (χ0) is 10.4. The van der Waals surface area contributed by atoms with Gasteiger partial charge in [-0.3, -0.25) is 0 Å². The third-order valence-corrected chi connectivity index (χ3v) is 1.87. The molecule has 1 heterocycles. The molecule has 0 fully saturated rings. The van der Waals surface area contributed by atoms with E-state index in [0.29, 0.717) is 5.69 Å². The Hall–Kier alpha value is -1.29. The second kappa shape index (κ2) is 5.44. The standard InChI is InChI=1S/C10H18N4/c1-14(2)7-3-6-12-10-5-4-9(11)8-13-10/h4-5,8H,3,6-7,11H2,1-2H3,(H,12,13). The average molecular weight is 194 g/mol. The Balaban J connectivity index is 2.21. The number of pyridine rings is 1. The number of aromatic nitrogens is 1. The van der Waals surface area contributed by atoms with Crippen LogP contribution in [0.1, 0.15) is 6.42 Å². The van der Waals surface area contributed by atoms with Gasteiger partial charge in [0, 0.05) is 6.54 Å². The molecule has 0 saturated heterocycles. The predicted octanol–water partition coefficient (Wildman–Crippen LogP) is 1.03. The number of nitrogen functional groups attached to an aromatic ring is 1. The minimum Gasteiger partial charge on any atom is -0.397 e. The molecule has 0 unspecified atom stereocenters. The van der Waals surface area contributed by atoms with Crippen molar-refractivity contribution in [1.82, 2.24) is 9.88 Å².